The second kappa shape index (κ2) is 5.46. The van der Waals surface area contributed by atoms with Crippen LogP contribution in [0.15, 0.2) is 12.1 Å². The molecule has 90 valence electrons. The summed E-state index contributed by atoms with van der Waals surface area (Å²) in [4.78, 5) is 2.02. The number of nitrogens with zero attached hydrogens (tertiary/aromatic N) is 1. The first-order valence-electron chi connectivity index (χ1n) is 5.08. The van der Waals surface area contributed by atoms with Crippen LogP contribution in [0.3, 0.4) is 0 Å². The summed E-state index contributed by atoms with van der Waals surface area (Å²) in [6, 6.07) is 3.93. The van der Waals surface area contributed by atoms with Crippen LogP contribution < -0.4 is 9.47 Å². The van der Waals surface area contributed by atoms with E-state index in [4.69, 9.17) is 9.47 Å². The van der Waals surface area contributed by atoms with Crippen molar-refractivity contribution >= 4 is 12.6 Å². The molecule has 0 bridgehead atoms. The average molecular weight is 241 g/mol. The highest BCUT2D eigenvalue weighted by Crippen LogP contribution is 2.37. The van der Waals surface area contributed by atoms with Crippen LogP contribution in [0, 0.1) is 6.92 Å². The molecule has 1 rings (SSSR count). The molecule has 0 aliphatic heterocycles. The van der Waals surface area contributed by atoms with Gasteiger partial charge in [-0.25, -0.2) is 0 Å². The van der Waals surface area contributed by atoms with Gasteiger partial charge >= 0.3 is 0 Å². The molecule has 1 aromatic rings. The van der Waals surface area contributed by atoms with Gasteiger partial charge in [0.2, 0.25) is 0 Å². The van der Waals surface area contributed by atoms with Crippen molar-refractivity contribution in [1.82, 2.24) is 4.90 Å². The van der Waals surface area contributed by atoms with Gasteiger partial charge in [-0.15, -0.1) is 0 Å². The number of ether oxygens (including phenoxy) is 2. The third-order valence-corrected chi connectivity index (χ3v) is 3.32. The lowest BCUT2D eigenvalue weighted by molar-refractivity contribution is 0.358. The molecular weight excluding hydrogens is 222 g/mol. The van der Waals surface area contributed by atoms with Gasteiger partial charge in [0.25, 0.3) is 0 Å². The van der Waals surface area contributed by atoms with Gasteiger partial charge in [-0.05, 0) is 33.2 Å². The van der Waals surface area contributed by atoms with Crippen molar-refractivity contribution in [3.8, 4) is 11.5 Å². The minimum absolute atomic E-state index is 0.0135. The summed E-state index contributed by atoms with van der Waals surface area (Å²) >= 11 is 4.55. The van der Waals surface area contributed by atoms with Gasteiger partial charge in [-0.1, -0.05) is 0 Å². The van der Waals surface area contributed by atoms with E-state index in [0.717, 1.165) is 22.6 Å². The van der Waals surface area contributed by atoms with Crippen LogP contribution in [0.5, 0.6) is 11.5 Å². The number of methoxy groups -OCH3 is 2. The van der Waals surface area contributed by atoms with E-state index in [1.54, 1.807) is 14.2 Å². The van der Waals surface area contributed by atoms with E-state index < -0.39 is 0 Å². The van der Waals surface area contributed by atoms with E-state index in [9.17, 15) is 0 Å². The van der Waals surface area contributed by atoms with Gasteiger partial charge < -0.3 is 9.47 Å². The van der Waals surface area contributed by atoms with Gasteiger partial charge in [0, 0.05) is 11.1 Å². The first kappa shape index (κ1) is 13.2. The normalized spacial score (nSPS) is 12.7. The Labute approximate surface area is 103 Å². The van der Waals surface area contributed by atoms with Crippen LogP contribution >= 0.6 is 12.6 Å². The Balaban J connectivity index is 3.25. The molecule has 1 unspecified atom stereocenters. The maximum Gasteiger partial charge on any atom is 0.131 e. The Bertz CT molecular complexity index is 366. The molecule has 1 aromatic carbocycles. The summed E-state index contributed by atoms with van der Waals surface area (Å²) in [5, 5.41) is 0.0135. The SMILES string of the molecule is COc1ccc(C(S)N(C)C)c(OC)c1C. The van der Waals surface area contributed by atoms with Crippen LogP contribution in [0.1, 0.15) is 16.5 Å². The number of rotatable bonds is 4. The van der Waals surface area contributed by atoms with Crippen LogP contribution in [-0.2, 0) is 0 Å². The van der Waals surface area contributed by atoms with Crippen molar-refractivity contribution in [3.63, 3.8) is 0 Å². The summed E-state index contributed by atoms with van der Waals surface area (Å²) < 4.78 is 10.7. The Morgan fingerprint density at radius 3 is 2.25 bits per heavy atom. The fourth-order valence-electron chi connectivity index (χ4n) is 1.67. The average Bonchev–Trinajstić information content (AvgIpc) is 2.27. The third kappa shape index (κ3) is 2.44. The molecule has 0 radical (unpaired) electrons. The quantitative estimate of drug-likeness (QED) is 0.646. The summed E-state index contributed by atoms with van der Waals surface area (Å²) in [7, 11) is 7.29. The topological polar surface area (TPSA) is 21.7 Å². The molecule has 0 N–H and O–H groups in total. The standard InChI is InChI=1S/C12H19NO2S/c1-8-10(14-4)7-6-9(11(8)15-5)12(16)13(2)3/h6-7,12,16H,1-5H3. The van der Waals surface area contributed by atoms with Crippen LogP contribution in [-0.4, -0.2) is 33.2 Å². The van der Waals surface area contributed by atoms with Crippen LogP contribution in [0.2, 0.25) is 0 Å². The maximum absolute atomic E-state index is 5.43. The fourth-order valence-corrected chi connectivity index (χ4v) is 1.87. The molecule has 0 saturated heterocycles. The molecule has 0 aliphatic rings. The zero-order valence-corrected chi connectivity index (χ0v) is 11.3. The van der Waals surface area contributed by atoms with E-state index in [-0.39, 0.29) is 5.37 Å². The highest BCUT2D eigenvalue weighted by Gasteiger charge is 2.18. The number of hydrogen-bond donors (Lipinski definition) is 1. The Morgan fingerprint density at radius 1 is 1.19 bits per heavy atom. The summed E-state index contributed by atoms with van der Waals surface area (Å²) in [6.07, 6.45) is 0. The highest BCUT2D eigenvalue weighted by molar-refractivity contribution is 7.80. The maximum atomic E-state index is 5.43. The second-order valence-corrected chi connectivity index (χ2v) is 4.34. The molecule has 1 atom stereocenters. The molecule has 0 heterocycles. The third-order valence-electron chi connectivity index (χ3n) is 2.58. The largest absolute Gasteiger partial charge is 0.496 e. The van der Waals surface area contributed by atoms with E-state index in [1.165, 1.54) is 0 Å². The predicted molar refractivity (Wildman–Crippen MR) is 69.7 cm³/mol. The van der Waals surface area contributed by atoms with Gasteiger partial charge in [0.15, 0.2) is 0 Å². The van der Waals surface area contributed by atoms with Crippen LogP contribution in [0.25, 0.3) is 0 Å². The van der Waals surface area contributed by atoms with Gasteiger partial charge in [0.05, 0.1) is 19.6 Å². The van der Waals surface area contributed by atoms with Gasteiger partial charge in [0.1, 0.15) is 11.5 Å². The van der Waals surface area contributed by atoms with Gasteiger partial charge in [-0.2, -0.15) is 12.6 Å². The molecular formula is C12H19NO2S. The second-order valence-electron chi connectivity index (χ2n) is 3.85. The van der Waals surface area contributed by atoms with Crippen molar-refractivity contribution in [2.24, 2.45) is 0 Å². The first-order valence-corrected chi connectivity index (χ1v) is 5.60. The Morgan fingerprint density at radius 2 is 1.81 bits per heavy atom. The van der Waals surface area contributed by atoms with Crippen molar-refractivity contribution in [1.29, 1.82) is 0 Å². The zero-order valence-electron chi connectivity index (χ0n) is 10.4. The number of hydrogen-bond acceptors (Lipinski definition) is 4. The summed E-state index contributed by atoms with van der Waals surface area (Å²) in [5.74, 6) is 1.67. The molecule has 3 nitrogen and oxygen atoms in total. The minimum Gasteiger partial charge on any atom is -0.496 e. The lowest BCUT2D eigenvalue weighted by Crippen LogP contribution is -2.16. The molecule has 16 heavy (non-hydrogen) atoms. The monoisotopic (exact) mass is 241 g/mol. The lowest BCUT2D eigenvalue weighted by Gasteiger charge is -2.23. The Hall–Kier alpha value is -0.870. The minimum atomic E-state index is 0.0135. The van der Waals surface area contributed by atoms with E-state index in [1.807, 2.05) is 38.1 Å². The number of thiol groups is 1. The van der Waals surface area contributed by atoms with Crippen molar-refractivity contribution in [2.75, 3.05) is 28.3 Å². The molecule has 0 spiro atoms. The van der Waals surface area contributed by atoms with Crippen molar-refractivity contribution < 1.29 is 9.47 Å². The molecule has 0 aromatic heterocycles. The van der Waals surface area contributed by atoms with Gasteiger partial charge in [-0.3, -0.25) is 4.90 Å². The lowest BCUT2D eigenvalue weighted by atomic mass is 10.1. The summed E-state index contributed by atoms with van der Waals surface area (Å²) in [6.45, 7) is 1.98. The van der Waals surface area contributed by atoms with Crippen molar-refractivity contribution in [2.45, 2.75) is 12.3 Å². The molecule has 0 aliphatic carbocycles. The van der Waals surface area contributed by atoms with Crippen LogP contribution in [0.4, 0.5) is 0 Å². The Kier molecular flexibility index (Phi) is 4.50. The fraction of sp³-hybridized carbons (Fsp3) is 0.500. The highest BCUT2D eigenvalue weighted by atomic mass is 32.1. The predicted octanol–water partition coefficient (Wildman–Crippen LogP) is 2.50. The van der Waals surface area contributed by atoms with E-state index in [0.29, 0.717) is 0 Å². The molecule has 0 fully saturated rings. The first-order chi connectivity index (χ1) is 7.52. The molecule has 0 amide bonds. The summed E-state index contributed by atoms with van der Waals surface area (Å²) in [5.41, 5.74) is 2.05. The smallest absolute Gasteiger partial charge is 0.131 e. The van der Waals surface area contributed by atoms with Crippen molar-refractivity contribution in [3.05, 3.63) is 23.3 Å². The zero-order chi connectivity index (χ0) is 12.3. The molecule has 4 heteroatoms. The van der Waals surface area contributed by atoms with E-state index in [2.05, 4.69) is 12.6 Å². The number of benzene rings is 1. The molecule has 0 saturated carbocycles. The van der Waals surface area contributed by atoms with E-state index >= 15 is 0 Å².